The van der Waals surface area contributed by atoms with E-state index in [0.29, 0.717) is 26.0 Å². The van der Waals surface area contributed by atoms with Crippen LogP contribution in [0.25, 0.3) is 0 Å². The van der Waals surface area contributed by atoms with Crippen LogP contribution in [0, 0.1) is 0 Å². The number of aryl methyl sites for hydroxylation is 2. The highest BCUT2D eigenvalue weighted by Gasteiger charge is 2.07. The topological polar surface area (TPSA) is 74.0 Å². The Kier molecular flexibility index (Phi) is 5.51. The normalized spacial score (nSPS) is 10.8. The molecule has 0 aliphatic carbocycles. The van der Waals surface area contributed by atoms with Crippen molar-refractivity contribution >= 4 is 5.91 Å². The van der Waals surface area contributed by atoms with E-state index >= 15 is 0 Å². The molecule has 0 atom stereocenters. The number of nitrogens with zero attached hydrogens (tertiary/aromatic N) is 4. The number of aromatic nitrogens is 4. The summed E-state index contributed by atoms with van der Waals surface area (Å²) in [7, 11) is 3.54. The monoisotopic (exact) mass is 291 g/mol. The average Bonchev–Trinajstić information content (AvgIpc) is 3.09. The van der Waals surface area contributed by atoms with Crippen LogP contribution in [0.1, 0.15) is 17.8 Å². The van der Waals surface area contributed by atoms with Gasteiger partial charge in [0.25, 0.3) is 0 Å². The summed E-state index contributed by atoms with van der Waals surface area (Å²) in [5.41, 5.74) is 2.02. The lowest BCUT2D eigenvalue weighted by Crippen LogP contribution is -2.25. The molecule has 0 saturated carbocycles. The highest BCUT2D eigenvalue weighted by molar-refractivity contribution is 5.76. The molecule has 0 unspecified atom stereocenters. The van der Waals surface area contributed by atoms with Crippen molar-refractivity contribution in [1.82, 2.24) is 24.6 Å². The molecule has 2 aromatic heterocycles. The van der Waals surface area contributed by atoms with Gasteiger partial charge >= 0.3 is 0 Å². The van der Waals surface area contributed by atoms with Crippen LogP contribution in [0.3, 0.4) is 0 Å². The Morgan fingerprint density at radius 1 is 1.43 bits per heavy atom. The van der Waals surface area contributed by atoms with Crippen LogP contribution in [0.2, 0.25) is 0 Å². The van der Waals surface area contributed by atoms with Gasteiger partial charge in [-0.05, 0) is 12.5 Å². The number of hydrogen-bond acceptors (Lipinski definition) is 4. The van der Waals surface area contributed by atoms with E-state index in [1.807, 2.05) is 17.7 Å². The third-order valence-corrected chi connectivity index (χ3v) is 3.33. The number of nitrogens with one attached hydrogen (secondary N) is 1. The lowest BCUT2D eigenvalue weighted by Gasteiger charge is -2.09. The molecular formula is C14H21N5O2. The van der Waals surface area contributed by atoms with Crippen LogP contribution >= 0.6 is 0 Å². The average molecular weight is 291 g/mol. The quantitative estimate of drug-likeness (QED) is 0.769. The Hall–Kier alpha value is -2.15. The minimum absolute atomic E-state index is 0.0238. The van der Waals surface area contributed by atoms with Gasteiger partial charge < -0.3 is 14.6 Å². The van der Waals surface area contributed by atoms with Crippen molar-refractivity contribution in [3.63, 3.8) is 0 Å². The number of amides is 1. The zero-order valence-corrected chi connectivity index (χ0v) is 12.5. The van der Waals surface area contributed by atoms with E-state index in [9.17, 15) is 4.79 Å². The number of rotatable bonds is 8. The maximum atomic E-state index is 11.9. The van der Waals surface area contributed by atoms with Crippen molar-refractivity contribution in [1.29, 1.82) is 0 Å². The molecule has 21 heavy (non-hydrogen) atoms. The second-order valence-corrected chi connectivity index (χ2v) is 4.79. The summed E-state index contributed by atoms with van der Waals surface area (Å²) in [5, 5.41) is 7.00. The van der Waals surface area contributed by atoms with Gasteiger partial charge in [-0.25, -0.2) is 4.98 Å². The second kappa shape index (κ2) is 7.58. The fourth-order valence-corrected chi connectivity index (χ4v) is 2.05. The Bertz CT molecular complexity index is 575. The molecule has 7 nitrogen and oxygen atoms in total. The molecule has 0 saturated heterocycles. The van der Waals surface area contributed by atoms with E-state index in [1.54, 1.807) is 30.5 Å². The highest BCUT2D eigenvalue weighted by atomic mass is 16.5. The fraction of sp³-hybridized carbons (Fsp3) is 0.500. The van der Waals surface area contributed by atoms with Crippen molar-refractivity contribution in [2.75, 3.05) is 13.7 Å². The first kappa shape index (κ1) is 15.2. The summed E-state index contributed by atoms with van der Waals surface area (Å²) < 4.78 is 8.80. The van der Waals surface area contributed by atoms with Crippen LogP contribution in [-0.4, -0.2) is 39.0 Å². The van der Waals surface area contributed by atoms with Gasteiger partial charge in [0.15, 0.2) is 0 Å². The predicted molar refractivity (Wildman–Crippen MR) is 77.5 cm³/mol. The molecule has 0 aromatic carbocycles. The Morgan fingerprint density at radius 3 is 3.00 bits per heavy atom. The standard InChI is InChI=1S/C14H21N5O2/c1-18-12(5-6-17-18)3-4-14(20)16-10-13-9-15-11-19(13)7-8-21-2/h5-6,9,11H,3-4,7-8,10H2,1-2H3,(H,16,20). The summed E-state index contributed by atoms with van der Waals surface area (Å²) >= 11 is 0. The zero-order valence-electron chi connectivity index (χ0n) is 12.5. The van der Waals surface area contributed by atoms with Crippen LogP contribution in [0.15, 0.2) is 24.8 Å². The van der Waals surface area contributed by atoms with Crippen LogP contribution in [-0.2, 0) is 36.1 Å². The van der Waals surface area contributed by atoms with Crippen molar-refractivity contribution < 1.29 is 9.53 Å². The van der Waals surface area contributed by atoms with E-state index in [4.69, 9.17) is 4.74 Å². The van der Waals surface area contributed by atoms with E-state index in [1.165, 1.54) is 0 Å². The number of imidazole rings is 1. The molecule has 1 amide bonds. The van der Waals surface area contributed by atoms with Gasteiger partial charge in [0.05, 0.1) is 25.2 Å². The third kappa shape index (κ3) is 4.42. The maximum absolute atomic E-state index is 11.9. The first-order valence-corrected chi connectivity index (χ1v) is 6.92. The molecule has 7 heteroatoms. The number of ether oxygens (including phenoxy) is 1. The van der Waals surface area contributed by atoms with Gasteiger partial charge in [-0.1, -0.05) is 0 Å². The summed E-state index contributed by atoms with van der Waals surface area (Å²) in [6, 6.07) is 1.92. The number of methoxy groups -OCH3 is 1. The minimum atomic E-state index is 0.0238. The summed E-state index contributed by atoms with van der Waals surface area (Å²) in [6.45, 7) is 1.84. The molecule has 0 aliphatic heterocycles. The van der Waals surface area contributed by atoms with Crippen LogP contribution < -0.4 is 5.32 Å². The lowest BCUT2D eigenvalue weighted by molar-refractivity contribution is -0.121. The molecular weight excluding hydrogens is 270 g/mol. The summed E-state index contributed by atoms with van der Waals surface area (Å²) in [4.78, 5) is 16.0. The second-order valence-electron chi connectivity index (χ2n) is 4.79. The minimum Gasteiger partial charge on any atom is -0.383 e. The Morgan fingerprint density at radius 2 is 2.29 bits per heavy atom. The predicted octanol–water partition coefficient (Wildman–Crippen LogP) is 0.512. The molecule has 0 spiro atoms. The zero-order chi connectivity index (χ0) is 15.1. The highest BCUT2D eigenvalue weighted by Crippen LogP contribution is 2.02. The SMILES string of the molecule is COCCn1cncc1CNC(=O)CCc1ccnn1C. The number of carbonyl (C=O) groups is 1. The van der Waals surface area contributed by atoms with E-state index < -0.39 is 0 Å². The van der Waals surface area contributed by atoms with Crippen molar-refractivity contribution in [2.24, 2.45) is 7.05 Å². The van der Waals surface area contributed by atoms with Gasteiger partial charge in [-0.2, -0.15) is 5.10 Å². The molecule has 2 rings (SSSR count). The Balaban J connectivity index is 1.76. The molecule has 0 radical (unpaired) electrons. The van der Waals surface area contributed by atoms with E-state index in [0.717, 1.165) is 17.9 Å². The molecule has 1 N–H and O–H groups in total. The van der Waals surface area contributed by atoms with E-state index in [-0.39, 0.29) is 5.91 Å². The van der Waals surface area contributed by atoms with Crippen molar-refractivity contribution in [3.8, 4) is 0 Å². The van der Waals surface area contributed by atoms with Gasteiger partial charge in [-0.3, -0.25) is 9.48 Å². The molecule has 0 bridgehead atoms. The van der Waals surface area contributed by atoms with Gasteiger partial charge in [-0.15, -0.1) is 0 Å². The van der Waals surface area contributed by atoms with Gasteiger partial charge in [0, 0.05) is 45.2 Å². The smallest absolute Gasteiger partial charge is 0.220 e. The number of hydrogen-bond donors (Lipinski definition) is 1. The molecule has 2 aromatic rings. The summed E-state index contributed by atoms with van der Waals surface area (Å²) in [5.74, 6) is 0.0238. The molecule has 0 fully saturated rings. The molecule has 2 heterocycles. The maximum Gasteiger partial charge on any atom is 0.220 e. The largest absolute Gasteiger partial charge is 0.383 e. The van der Waals surface area contributed by atoms with Crippen LogP contribution in [0.4, 0.5) is 0 Å². The van der Waals surface area contributed by atoms with Gasteiger partial charge in [0.1, 0.15) is 0 Å². The first-order chi connectivity index (χ1) is 10.2. The fourth-order valence-electron chi connectivity index (χ4n) is 2.05. The lowest BCUT2D eigenvalue weighted by atomic mass is 10.2. The van der Waals surface area contributed by atoms with E-state index in [2.05, 4.69) is 15.4 Å². The third-order valence-electron chi connectivity index (χ3n) is 3.33. The van der Waals surface area contributed by atoms with Crippen LogP contribution in [0.5, 0.6) is 0 Å². The van der Waals surface area contributed by atoms with Crippen molar-refractivity contribution in [3.05, 3.63) is 36.2 Å². The number of carbonyl (C=O) groups excluding carboxylic acids is 1. The molecule has 0 aliphatic rings. The van der Waals surface area contributed by atoms with Gasteiger partial charge in [0.2, 0.25) is 5.91 Å². The molecule has 114 valence electrons. The van der Waals surface area contributed by atoms with Crippen molar-refractivity contribution in [2.45, 2.75) is 25.9 Å². The Labute approximate surface area is 123 Å². The summed E-state index contributed by atoms with van der Waals surface area (Å²) in [6.07, 6.45) is 6.38. The first-order valence-electron chi connectivity index (χ1n) is 6.92.